The second-order valence-corrected chi connectivity index (χ2v) is 6.61. The minimum Gasteiger partial charge on any atom is -0.271 e. The molecule has 0 radical (unpaired) electrons. The molecular weight excluding hydrogens is 287 g/mol. The number of thioether (sulfide) groups is 1. The maximum absolute atomic E-state index is 6.16. The van der Waals surface area contributed by atoms with Gasteiger partial charge in [0.05, 0.1) is 0 Å². The number of halogens is 2. The first kappa shape index (κ1) is 16.1. The van der Waals surface area contributed by atoms with Gasteiger partial charge in [0, 0.05) is 27.1 Å². The molecule has 0 saturated heterocycles. The first-order valence-corrected chi connectivity index (χ1v) is 7.89. The van der Waals surface area contributed by atoms with Crippen LogP contribution < -0.4 is 11.3 Å². The predicted octanol–water partition coefficient (Wildman–Crippen LogP) is 3.90. The minimum absolute atomic E-state index is 0.182. The molecule has 1 aromatic carbocycles. The third kappa shape index (κ3) is 4.98. The summed E-state index contributed by atoms with van der Waals surface area (Å²) >= 11 is 14.2. The Balaban J connectivity index is 2.62. The fourth-order valence-electron chi connectivity index (χ4n) is 1.54. The zero-order valence-corrected chi connectivity index (χ0v) is 13.1. The van der Waals surface area contributed by atoms with Gasteiger partial charge in [0.25, 0.3) is 0 Å². The van der Waals surface area contributed by atoms with Gasteiger partial charge in [0.1, 0.15) is 0 Å². The van der Waals surface area contributed by atoms with Gasteiger partial charge >= 0.3 is 0 Å². The normalized spacial score (nSPS) is 14.5. The summed E-state index contributed by atoms with van der Waals surface area (Å²) in [5.74, 6) is 6.55. The van der Waals surface area contributed by atoms with Crippen LogP contribution in [0.1, 0.15) is 25.8 Å². The van der Waals surface area contributed by atoms with Crippen molar-refractivity contribution in [2.24, 2.45) is 5.84 Å². The first-order chi connectivity index (χ1) is 8.58. The van der Waals surface area contributed by atoms with Crippen LogP contribution in [0.4, 0.5) is 0 Å². The fourth-order valence-corrected chi connectivity index (χ4v) is 3.10. The van der Waals surface area contributed by atoms with Crippen molar-refractivity contribution >= 4 is 35.0 Å². The highest BCUT2D eigenvalue weighted by Crippen LogP contribution is 2.26. The van der Waals surface area contributed by atoms with E-state index in [2.05, 4.69) is 19.3 Å². The van der Waals surface area contributed by atoms with Crippen molar-refractivity contribution < 1.29 is 0 Å². The molecule has 0 aliphatic carbocycles. The van der Waals surface area contributed by atoms with E-state index in [-0.39, 0.29) is 6.04 Å². The van der Waals surface area contributed by atoms with Crippen LogP contribution in [0.15, 0.2) is 18.2 Å². The number of hydrazine groups is 1. The third-order valence-electron chi connectivity index (χ3n) is 2.90. The van der Waals surface area contributed by atoms with Crippen LogP contribution in [-0.2, 0) is 6.42 Å². The second kappa shape index (κ2) is 8.28. The van der Waals surface area contributed by atoms with Crippen LogP contribution in [-0.4, -0.2) is 17.0 Å². The van der Waals surface area contributed by atoms with Crippen LogP contribution in [0, 0.1) is 0 Å². The van der Waals surface area contributed by atoms with E-state index in [4.69, 9.17) is 29.0 Å². The first-order valence-electron chi connectivity index (χ1n) is 6.09. The molecule has 0 aliphatic rings. The Morgan fingerprint density at radius 1 is 1.33 bits per heavy atom. The molecule has 0 bridgehead atoms. The van der Waals surface area contributed by atoms with Gasteiger partial charge in [0.15, 0.2) is 0 Å². The summed E-state index contributed by atoms with van der Waals surface area (Å²) in [5, 5.41) is 2.05. The van der Waals surface area contributed by atoms with Crippen LogP contribution in [0.5, 0.6) is 0 Å². The molecule has 0 saturated carbocycles. The second-order valence-electron chi connectivity index (χ2n) is 4.32. The quantitative estimate of drug-likeness (QED) is 0.593. The number of hydrogen-bond donors (Lipinski definition) is 2. The Bertz CT molecular complexity index is 354. The van der Waals surface area contributed by atoms with E-state index < -0.39 is 0 Å². The van der Waals surface area contributed by atoms with Crippen molar-refractivity contribution in [3.05, 3.63) is 33.8 Å². The average Bonchev–Trinajstić information content (AvgIpc) is 2.37. The number of nitrogens with one attached hydrogen (secondary N) is 1. The Labute approximate surface area is 124 Å². The van der Waals surface area contributed by atoms with Gasteiger partial charge in [-0.05, 0) is 30.5 Å². The lowest BCUT2D eigenvalue weighted by atomic mass is 10.1. The predicted molar refractivity (Wildman–Crippen MR) is 83.5 cm³/mol. The lowest BCUT2D eigenvalue weighted by Crippen LogP contribution is -2.39. The number of benzene rings is 1. The van der Waals surface area contributed by atoms with Gasteiger partial charge in [-0.2, -0.15) is 11.8 Å². The van der Waals surface area contributed by atoms with Gasteiger partial charge in [-0.15, -0.1) is 0 Å². The molecule has 0 spiro atoms. The van der Waals surface area contributed by atoms with Gasteiger partial charge in [-0.1, -0.05) is 43.1 Å². The van der Waals surface area contributed by atoms with Crippen molar-refractivity contribution in [3.8, 4) is 0 Å². The van der Waals surface area contributed by atoms with Crippen molar-refractivity contribution in [1.82, 2.24) is 5.43 Å². The molecule has 5 heteroatoms. The molecule has 1 aromatic rings. The lowest BCUT2D eigenvalue weighted by molar-refractivity contribution is 0.575. The SMILES string of the molecule is CCC(C)SCC(Cc1c(Cl)cccc1Cl)NN. The van der Waals surface area contributed by atoms with Gasteiger partial charge < -0.3 is 0 Å². The molecule has 2 atom stereocenters. The van der Waals surface area contributed by atoms with E-state index in [0.717, 1.165) is 24.2 Å². The van der Waals surface area contributed by atoms with Crippen molar-refractivity contribution in [1.29, 1.82) is 0 Å². The number of nitrogens with two attached hydrogens (primary N) is 1. The summed E-state index contributed by atoms with van der Waals surface area (Å²) < 4.78 is 0. The molecule has 0 fully saturated rings. The Kier molecular flexibility index (Phi) is 7.42. The smallest absolute Gasteiger partial charge is 0.0453 e. The monoisotopic (exact) mass is 306 g/mol. The standard InChI is InChI=1S/C13H20Cl2N2S/c1-3-9(2)18-8-10(17-16)7-11-12(14)5-4-6-13(11)15/h4-6,9-10,17H,3,7-8,16H2,1-2H3. The van der Waals surface area contributed by atoms with E-state index in [9.17, 15) is 0 Å². The van der Waals surface area contributed by atoms with E-state index in [1.165, 1.54) is 0 Å². The minimum atomic E-state index is 0.182. The lowest BCUT2D eigenvalue weighted by Gasteiger charge is -2.19. The molecule has 18 heavy (non-hydrogen) atoms. The fraction of sp³-hybridized carbons (Fsp3) is 0.538. The van der Waals surface area contributed by atoms with E-state index >= 15 is 0 Å². The van der Waals surface area contributed by atoms with E-state index in [1.54, 1.807) is 0 Å². The number of hydrogen-bond acceptors (Lipinski definition) is 3. The Morgan fingerprint density at radius 3 is 2.44 bits per heavy atom. The van der Waals surface area contributed by atoms with Crippen molar-refractivity contribution in [2.45, 2.75) is 38.0 Å². The molecule has 3 N–H and O–H groups in total. The highest BCUT2D eigenvalue weighted by Gasteiger charge is 2.14. The van der Waals surface area contributed by atoms with Crippen molar-refractivity contribution in [3.63, 3.8) is 0 Å². The molecule has 0 amide bonds. The summed E-state index contributed by atoms with van der Waals surface area (Å²) in [5.41, 5.74) is 3.81. The van der Waals surface area contributed by atoms with Crippen LogP contribution >= 0.6 is 35.0 Å². The molecule has 2 nitrogen and oxygen atoms in total. The maximum atomic E-state index is 6.16. The van der Waals surface area contributed by atoms with Crippen LogP contribution in [0.3, 0.4) is 0 Å². The largest absolute Gasteiger partial charge is 0.271 e. The topological polar surface area (TPSA) is 38.0 Å². The molecular formula is C13H20Cl2N2S. The zero-order valence-electron chi connectivity index (χ0n) is 10.7. The Morgan fingerprint density at radius 2 is 1.94 bits per heavy atom. The summed E-state index contributed by atoms with van der Waals surface area (Å²) in [6.45, 7) is 4.41. The molecule has 0 heterocycles. The zero-order chi connectivity index (χ0) is 13.5. The highest BCUT2D eigenvalue weighted by atomic mass is 35.5. The van der Waals surface area contributed by atoms with Crippen LogP contribution in [0.25, 0.3) is 0 Å². The van der Waals surface area contributed by atoms with Crippen molar-refractivity contribution in [2.75, 3.05) is 5.75 Å². The maximum Gasteiger partial charge on any atom is 0.0453 e. The molecule has 1 rings (SSSR count). The molecule has 0 aliphatic heterocycles. The van der Waals surface area contributed by atoms with Gasteiger partial charge in [0.2, 0.25) is 0 Å². The Hall–Kier alpha value is 0.0700. The summed E-state index contributed by atoms with van der Waals surface area (Å²) in [4.78, 5) is 0. The molecule has 0 aromatic heterocycles. The van der Waals surface area contributed by atoms with Gasteiger partial charge in [-0.25, -0.2) is 0 Å². The summed E-state index contributed by atoms with van der Waals surface area (Å²) in [6, 6.07) is 5.75. The summed E-state index contributed by atoms with van der Waals surface area (Å²) in [6.07, 6.45) is 1.91. The van der Waals surface area contributed by atoms with Gasteiger partial charge in [-0.3, -0.25) is 11.3 Å². The number of rotatable bonds is 7. The van der Waals surface area contributed by atoms with E-state index in [0.29, 0.717) is 15.3 Å². The summed E-state index contributed by atoms with van der Waals surface area (Å²) in [7, 11) is 0. The average molecular weight is 307 g/mol. The molecule has 2 unspecified atom stereocenters. The third-order valence-corrected chi connectivity index (χ3v) is 5.11. The van der Waals surface area contributed by atoms with E-state index in [1.807, 2.05) is 30.0 Å². The highest BCUT2D eigenvalue weighted by molar-refractivity contribution is 7.99. The van der Waals surface area contributed by atoms with Crippen LogP contribution in [0.2, 0.25) is 10.0 Å². The molecule has 102 valence electrons.